The molecule has 0 spiro atoms. The van der Waals surface area contributed by atoms with Gasteiger partial charge in [-0.25, -0.2) is 0 Å². The molecule has 0 aromatic heterocycles. The first-order valence-electron chi connectivity index (χ1n) is 6.89. The Labute approximate surface area is 120 Å². The highest BCUT2D eigenvalue weighted by Gasteiger charge is 2.05. The van der Waals surface area contributed by atoms with Crippen LogP contribution in [0.5, 0.6) is 5.75 Å². The molecule has 0 atom stereocenters. The minimum Gasteiger partial charge on any atom is -0.493 e. The van der Waals surface area contributed by atoms with E-state index in [9.17, 15) is 0 Å². The SMILES string of the molecule is CC(C)NCc1cc(Cl)ccc1OCCCCCO. The van der Waals surface area contributed by atoms with Crippen molar-refractivity contribution < 1.29 is 9.84 Å². The Balaban J connectivity index is 2.50. The molecule has 1 aromatic carbocycles. The molecule has 0 aliphatic carbocycles. The standard InChI is InChI=1S/C15H24ClNO2/c1-12(2)17-11-13-10-14(16)6-7-15(13)19-9-5-3-4-8-18/h6-7,10,12,17-18H,3-5,8-9,11H2,1-2H3. The number of halogens is 1. The molecule has 0 bridgehead atoms. The van der Waals surface area contributed by atoms with Gasteiger partial charge in [-0.05, 0) is 37.5 Å². The molecule has 4 heteroatoms. The number of benzene rings is 1. The van der Waals surface area contributed by atoms with Crippen molar-refractivity contribution in [3.8, 4) is 5.75 Å². The Bertz CT molecular complexity index is 369. The topological polar surface area (TPSA) is 41.5 Å². The van der Waals surface area contributed by atoms with Crippen LogP contribution in [0.1, 0.15) is 38.7 Å². The van der Waals surface area contributed by atoms with Gasteiger partial charge in [0.15, 0.2) is 0 Å². The zero-order valence-electron chi connectivity index (χ0n) is 11.8. The molecule has 0 aliphatic rings. The van der Waals surface area contributed by atoms with Crippen molar-refractivity contribution in [2.45, 2.75) is 45.7 Å². The lowest BCUT2D eigenvalue weighted by atomic mass is 10.2. The molecular weight excluding hydrogens is 262 g/mol. The van der Waals surface area contributed by atoms with Crippen LogP contribution in [0.2, 0.25) is 5.02 Å². The number of hydrogen-bond donors (Lipinski definition) is 2. The van der Waals surface area contributed by atoms with E-state index in [1.165, 1.54) is 0 Å². The van der Waals surface area contributed by atoms with Crippen molar-refractivity contribution in [3.05, 3.63) is 28.8 Å². The van der Waals surface area contributed by atoms with Gasteiger partial charge in [0, 0.05) is 29.8 Å². The van der Waals surface area contributed by atoms with E-state index in [1.54, 1.807) is 0 Å². The number of ether oxygens (including phenoxy) is 1. The molecule has 0 radical (unpaired) electrons. The van der Waals surface area contributed by atoms with E-state index in [0.29, 0.717) is 12.6 Å². The molecule has 1 rings (SSSR count). The van der Waals surface area contributed by atoms with E-state index in [4.69, 9.17) is 21.4 Å². The molecule has 3 nitrogen and oxygen atoms in total. The fourth-order valence-corrected chi connectivity index (χ4v) is 1.91. The Morgan fingerprint density at radius 3 is 2.74 bits per heavy atom. The monoisotopic (exact) mass is 285 g/mol. The average Bonchev–Trinajstić information content (AvgIpc) is 2.38. The lowest BCUT2D eigenvalue weighted by Gasteiger charge is -2.14. The predicted octanol–water partition coefficient (Wildman–Crippen LogP) is 3.38. The molecule has 0 unspecified atom stereocenters. The van der Waals surface area contributed by atoms with Crippen LogP contribution in [-0.4, -0.2) is 24.4 Å². The predicted molar refractivity (Wildman–Crippen MR) is 79.9 cm³/mol. The van der Waals surface area contributed by atoms with Gasteiger partial charge < -0.3 is 15.2 Å². The highest BCUT2D eigenvalue weighted by Crippen LogP contribution is 2.23. The van der Waals surface area contributed by atoms with Crippen LogP contribution in [0.15, 0.2) is 18.2 Å². The Morgan fingerprint density at radius 1 is 1.26 bits per heavy atom. The summed E-state index contributed by atoms with van der Waals surface area (Å²) in [7, 11) is 0. The van der Waals surface area contributed by atoms with Crippen molar-refractivity contribution in [3.63, 3.8) is 0 Å². The molecule has 0 aliphatic heterocycles. The Hall–Kier alpha value is -0.770. The number of hydrogen-bond acceptors (Lipinski definition) is 3. The summed E-state index contributed by atoms with van der Waals surface area (Å²) >= 11 is 6.02. The first kappa shape index (κ1) is 16.3. The summed E-state index contributed by atoms with van der Waals surface area (Å²) in [5.41, 5.74) is 1.09. The smallest absolute Gasteiger partial charge is 0.123 e. The molecule has 0 saturated carbocycles. The van der Waals surface area contributed by atoms with Gasteiger partial charge in [-0.15, -0.1) is 0 Å². The lowest BCUT2D eigenvalue weighted by Crippen LogP contribution is -2.22. The van der Waals surface area contributed by atoms with Crippen LogP contribution in [0.3, 0.4) is 0 Å². The minimum absolute atomic E-state index is 0.254. The van der Waals surface area contributed by atoms with Crippen LogP contribution < -0.4 is 10.1 Å². The van der Waals surface area contributed by atoms with Gasteiger partial charge in [0.25, 0.3) is 0 Å². The van der Waals surface area contributed by atoms with E-state index in [1.807, 2.05) is 18.2 Å². The zero-order valence-corrected chi connectivity index (χ0v) is 12.5. The number of nitrogens with one attached hydrogen (secondary N) is 1. The molecule has 108 valence electrons. The summed E-state index contributed by atoms with van der Waals surface area (Å²) in [6.07, 6.45) is 2.79. The Kier molecular flexibility index (Phi) is 7.87. The second kappa shape index (κ2) is 9.18. The van der Waals surface area contributed by atoms with Crippen molar-refractivity contribution >= 4 is 11.6 Å². The van der Waals surface area contributed by atoms with Gasteiger partial charge in [0.1, 0.15) is 5.75 Å². The summed E-state index contributed by atoms with van der Waals surface area (Å²) in [6, 6.07) is 6.14. The molecule has 0 saturated heterocycles. The third-order valence-electron chi connectivity index (χ3n) is 2.78. The first-order valence-corrected chi connectivity index (χ1v) is 7.26. The summed E-state index contributed by atoms with van der Waals surface area (Å²) < 4.78 is 5.79. The van der Waals surface area contributed by atoms with Crippen molar-refractivity contribution in [2.75, 3.05) is 13.2 Å². The van der Waals surface area contributed by atoms with Crippen molar-refractivity contribution in [1.29, 1.82) is 0 Å². The zero-order chi connectivity index (χ0) is 14.1. The van der Waals surface area contributed by atoms with Crippen LogP contribution >= 0.6 is 11.6 Å². The van der Waals surface area contributed by atoms with Crippen LogP contribution in [0.25, 0.3) is 0 Å². The van der Waals surface area contributed by atoms with E-state index < -0.39 is 0 Å². The van der Waals surface area contributed by atoms with Crippen molar-refractivity contribution in [1.82, 2.24) is 5.32 Å². The maximum atomic E-state index is 8.72. The van der Waals surface area contributed by atoms with Gasteiger partial charge in [0.05, 0.1) is 6.61 Å². The molecule has 2 N–H and O–H groups in total. The third-order valence-corrected chi connectivity index (χ3v) is 3.02. The highest BCUT2D eigenvalue weighted by atomic mass is 35.5. The summed E-state index contributed by atoms with van der Waals surface area (Å²) in [4.78, 5) is 0. The second-order valence-electron chi connectivity index (χ2n) is 4.92. The Morgan fingerprint density at radius 2 is 2.05 bits per heavy atom. The van der Waals surface area contributed by atoms with E-state index in [0.717, 1.165) is 42.1 Å². The molecule has 0 heterocycles. The number of aliphatic hydroxyl groups excluding tert-OH is 1. The van der Waals surface area contributed by atoms with Gasteiger partial charge >= 0.3 is 0 Å². The molecule has 0 fully saturated rings. The quantitative estimate of drug-likeness (QED) is 0.684. The van der Waals surface area contributed by atoms with E-state index in [2.05, 4.69) is 19.2 Å². The maximum absolute atomic E-state index is 8.72. The number of aliphatic hydroxyl groups is 1. The molecule has 1 aromatic rings. The van der Waals surface area contributed by atoms with E-state index >= 15 is 0 Å². The summed E-state index contributed by atoms with van der Waals surface area (Å²) in [6.45, 7) is 5.91. The second-order valence-corrected chi connectivity index (χ2v) is 5.36. The van der Waals surface area contributed by atoms with Crippen LogP contribution in [0, 0.1) is 0 Å². The summed E-state index contributed by atoms with van der Waals surface area (Å²) in [5.74, 6) is 0.890. The lowest BCUT2D eigenvalue weighted by molar-refractivity contribution is 0.265. The average molecular weight is 286 g/mol. The normalized spacial score (nSPS) is 11.0. The van der Waals surface area contributed by atoms with Crippen LogP contribution in [0.4, 0.5) is 0 Å². The van der Waals surface area contributed by atoms with Gasteiger partial charge in [-0.1, -0.05) is 25.4 Å². The van der Waals surface area contributed by atoms with Gasteiger partial charge in [-0.3, -0.25) is 0 Å². The summed E-state index contributed by atoms with van der Waals surface area (Å²) in [5, 5.41) is 12.8. The fraction of sp³-hybridized carbons (Fsp3) is 0.600. The first-order chi connectivity index (χ1) is 9.13. The largest absolute Gasteiger partial charge is 0.493 e. The fourth-order valence-electron chi connectivity index (χ4n) is 1.71. The minimum atomic E-state index is 0.254. The molecular formula is C15H24ClNO2. The van der Waals surface area contributed by atoms with Crippen molar-refractivity contribution in [2.24, 2.45) is 0 Å². The van der Waals surface area contributed by atoms with Gasteiger partial charge in [-0.2, -0.15) is 0 Å². The third kappa shape index (κ3) is 6.81. The number of rotatable bonds is 9. The van der Waals surface area contributed by atoms with E-state index in [-0.39, 0.29) is 6.61 Å². The van der Waals surface area contributed by atoms with Crippen LogP contribution in [-0.2, 0) is 6.54 Å². The highest BCUT2D eigenvalue weighted by molar-refractivity contribution is 6.30. The number of unbranched alkanes of at least 4 members (excludes halogenated alkanes) is 2. The maximum Gasteiger partial charge on any atom is 0.123 e. The molecule has 0 amide bonds. The molecule has 19 heavy (non-hydrogen) atoms. The van der Waals surface area contributed by atoms with Gasteiger partial charge in [0.2, 0.25) is 0 Å².